The molecule has 1 aromatic rings. The smallest absolute Gasteiger partial charge is 0.166 e. The minimum atomic E-state index is 0.541. The lowest BCUT2D eigenvalue weighted by Crippen LogP contribution is -2.46. The third-order valence-electron chi connectivity index (χ3n) is 4.29. The van der Waals surface area contributed by atoms with Crippen molar-refractivity contribution >= 4 is 17.3 Å². The van der Waals surface area contributed by atoms with Gasteiger partial charge in [-0.05, 0) is 55.1 Å². The van der Waals surface area contributed by atoms with E-state index in [4.69, 9.17) is 17.0 Å². The highest BCUT2D eigenvalue weighted by Crippen LogP contribution is 2.23. The summed E-state index contributed by atoms with van der Waals surface area (Å²) in [4.78, 5) is 0. The summed E-state index contributed by atoms with van der Waals surface area (Å²) >= 11 is 5.40. The van der Waals surface area contributed by atoms with Crippen LogP contribution in [-0.4, -0.2) is 24.8 Å². The molecule has 1 aliphatic rings. The van der Waals surface area contributed by atoms with Gasteiger partial charge in [-0.2, -0.15) is 0 Å². The van der Waals surface area contributed by atoms with E-state index in [9.17, 15) is 0 Å². The van der Waals surface area contributed by atoms with Gasteiger partial charge < -0.3 is 15.4 Å². The van der Waals surface area contributed by atoms with E-state index >= 15 is 0 Å². The van der Waals surface area contributed by atoms with Crippen LogP contribution in [-0.2, 0) is 6.42 Å². The Balaban J connectivity index is 1.68. The highest BCUT2D eigenvalue weighted by atomic mass is 32.1. The predicted molar refractivity (Wildman–Crippen MR) is 91.9 cm³/mol. The van der Waals surface area contributed by atoms with Crippen LogP contribution in [0.25, 0.3) is 0 Å². The van der Waals surface area contributed by atoms with Gasteiger partial charge in [0, 0.05) is 12.6 Å². The Bertz CT molecular complexity index is 447. The normalized spacial score (nSPS) is 21.6. The van der Waals surface area contributed by atoms with Crippen molar-refractivity contribution < 1.29 is 4.74 Å². The largest absolute Gasteiger partial charge is 0.497 e. The van der Waals surface area contributed by atoms with Crippen molar-refractivity contribution in [3.05, 3.63) is 29.8 Å². The SMILES string of the molecule is COc1ccc(CCNC(=S)NC2CCCCC2C)cc1. The lowest BCUT2D eigenvalue weighted by molar-refractivity contribution is 0.308. The molecule has 116 valence electrons. The third kappa shape index (κ3) is 5.20. The van der Waals surface area contributed by atoms with Crippen molar-refractivity contribution in [2.45, 2.75) is 45.1 Å². The summed E-state index contributed by atoms with van der Waals surface area (Å²) in [5.41, 5.74) is 1.29. The molecule has 0 bridgehead atoms. The van der Waals surface area contributed by atoms with Crippen molar-refractivity contribution in [2.75, 3.05) is 13.7 Å². The fourth-order valence-electron chi connectivity index (χ4n) is 2.86. The highest BCUT2D eigenvalue weighted by Gasteiger charge is 2.21. The maximum absolute atomic E-state index is 5.40. The number of rotatable bonds is 5. The third-order valence-corrected chi connectivity index (χ3v) is 4.55. The number of benzene rings is 1. The van der Waals surface area contributed by atoms with E-state index in [-0.39, 0.29) is 0 Å². The first-order valence-corrected chi connectivity index (χ1v) is 8.27. The molecule has 2 unspecified atom stereocenters. The molecule has 1 saturated carbocycles. The Morgan fingerprint density at radius 2 is 1.95 bits per heavy atom. The fourth-order valence-corrected chi connectivity index (χ4v) is 3.12. The lowest BCUT2D eigenvalue weighted by Gasteiger charge is -2.30. The van der Waals surface area contributed by atoms with E-state index in [2.05, 4.69) is 29.7 Å². The van der Waals surface area contributed by atoms with E-state index < -0.39 is 0 Å². The predicted octanol–water partition coefficient (Wildman–Crippen LogP) is 3.28. The summed E-state index contributed by atoms with van der Waals surface area (Å²) in [6.07, 6.45) is 6.19. The molecule has 21 heavy (non-hydrogen) atoms. The Kier molecular flexibility index (Phi) is 6.30. The monoisotopic (exact) mass is 306 g/mol. The van der Waals surface area contributed by atoms with Gasteiger partial charge in [-0.3, -0.25) is 0 Å². The minimum absolute atomic E-state index is 0.541. The van der Waals surface area contributed by atoms with Crippen LogP contribution >= 0.6 is 12.2 Å². The Morgan fingerprint density at radius 3 is 2.62 bits per heavy atom. The lowest BCUT2D eigenvalue weighted by atomic mass is 9.86. The maximum Gasteiger partial charge on any atom is 0.166 e. The Hall–Kier alpha value is -1.29. The molecule has 2 rings (SSSR count). The molecule has 4 heteroatoms. The van der Waals surface area contributed by atoms with Crippen molar-refractivity contribution in [3.63, 3.8) is 0 Å². The van der Waals surface area contributed by atoms with Gasteiger partial charge in [-0.1, -0.05) is 31.9 Å². The van der Waals surface area contributed by atoms with Crippen molar-refractivity contribution in [1.29, 1.82) is 0 Å². The average molecular weight is 306 g/mol. The van der Waals surface area contributed by atoms with E-state index in [1.54, 1.807) is 7.11 Å². The van der Waals surface area contributed by atoms with Crippen LogP contribution in [0.1, 0.15) is 38.2 Å². The quantitative estimate of drug-likeness (QED) is 0.818. The molecule has 2 N–H and O–H groups in total. The Morgan fingerprint density at radius 1 is 1.24 bits per heavy atom. The van der Waals surface area contributed by atoms with E-state index in [0.29, 0.717) is 6.04 Å². The number of methoxy groups -OCH3 is 1. The highest BCUT2D eigenvalue weighted by molar-refractivity contribution is 7.80. The zero-order valence-corrected chi connectivity index (χ0v) is 13.8. The summed E-state index contributed by atoms with van der Waals surface area (Å²) in [7, 11) is 1.69. The van der Waals surface area contributed by atoms with Gasteiger partial charge in [0.2, 0.25) is 0 Å². The molecule has 0 aliphatic heterocycles. The van der Waals surface area contributed by atoms with Crippen LogP contribution in [0, 0.1) is 5.92 Å². The van der Waals surface area contributed by atoms with Gasteiger partial charge in [0.15, 0.2) is 5.11 Å². The first-order valence-electron chi connectivity index (χ1n) is 7.86. The molecule has 1 fully saturated rings. The number of hydrogen-bond acceptors (Lipinski definition) is 2. The van der Waals surface area contributed by atoms with Crippen LogP contribution in [0.15, 0.2) is 24.3 Å². The van der Waals surface area contributed by atoms with Crippen molar-refractivity contribution in [1.82, 2.24) is 10.6 Å². The molecule has 1 aliphatic carbocycles. The minimum Gasteiger partial charge on any atom is -0.497 e. The first kappa shape index (κ1) is 16.1. The molecule has 3 nitrogen and oxygen atoms in total. The molecular formula is C17H26N2OS. The molecule has 0 heterocycles. The van der Waals surface area contributed by atoms with Crippen LogP contribution < -0.4 is 15.4 Å². The summed E-state index contributed by atoms with van der Waals surface area (Å²) in [6, 6.07) is 8.73. The molecule has 0 aromatic heterocycles. The molecule has 0 amide bonds. The molecule has 2 atom stereocenters. The van der Waals surface area contributed by atoms with Gasteiger partial charge >= 0.3 is 0 Å². The number of thiocarbonyl (C=S) groups is 1. The van der Waals surface area contributed by atoms with Crippen molar-refractivity contribution in [3.8, 4) is 5.75 Å². The molecule has 0 spiro atoms. The van der Waals surface area contributed by atoms with Gasteiger partial charge in [0.25, 0.3) is 0 Å². The van der Waals surface area contributed by atoms with Gasteiger partial charge in [0.1, 0.15) is 5.75 Å². The van der Waals surface area contributed by atoms with Crippen LogP contribution in [0.5, 0.6) is 5.75 Å². The van der Waals surface area contributed by atoms with E-state index in [1.807, 2.05) is 12.1 Å². The second-order valence-corrected chi connectivity index (χ2v) is 6.27. The van der Waals surface area contributed by atoms with E-state index in [0.717, 1.165) is 29.7 Å². The molecule has 0 radical (unpaired) electrons. The summed E-state index contributed by atoms with van der Waals surface area (Å²) in [6.45, 7) is 3.18. The van der Waals surface area contributed by atoms with E-state index in [1.165, 1.54) is 31.2 Å². The zero-order chi connectivity index (χ0) is 15.1. The number of hydrogen-bond donors (Lipinski definition) is 2. The van der Waals surface area contributed by atoms with Gasteiger partial charge in [-0.15, -0.1) is 0 Å². The summed E-state index contributed by atoms with van der Waals surface area (Å²) in [5, 5.41) is 7.58. The average Bonchev–Trinajstić information content (AvgIpc) is 2.50. The summed E-state index contributed by atoms with van der Waals surface area (Å²) in [5.74, 6) is 1.62. The summed E-state index contributed by atoms with van der Waals surface area (Å²) < 4.78 is 5.16. The maximum atomic E-state index is 5.40. The topological polar surface area (TPSA) is 33.3 Å². The van der Waals surface area contributed by atoms with Gasteiger partial charge in [-0.25, -0.2) is 0 Å². The zero-order valence-electron chi connectivity index (χ0n) is 13.0. The number of nitrogens with one attached hydrogen (secondary N) is 2. The fraction of sp³-hybridized carbons (Fsp3) is 0.588. The Labute approximate surface area is 133 Å². The van der Waals surface area contributed by atoms with Gasteiger partial charge in [0.05, 0.1) is 7.11 Å². The molecule has 1 aromatic carbocycles. The molecule has 0 saturated heterocycles. The number of ether oxygens (including phenoxy) is 1. The second-order valence-electron chi connectivity index (χ2n) is 5.87. The van der Waals surface area contributed by atoms with Crippen LogP contribution in [0.2, 0.25) is 0 Å². The molecular weight excluding hydrogens is 280 g/mol. The van der Waals surface area contributed by atoms with Crippen LogP contribution in [0.4, 0.5) is 0 Å². The van der Waals surface area contributed by atoms with Crippen LogP contribution in [0.3, 0.4) is 0 Å². The second kappa shape index (κ2) is 8.23. The van der Waals surface area contributed by atoms with Crippen molar-refractivity contribution in [2.24, 2.45) is 5.92 Å². The first-order chi connectivity index (χ1) is 10.2. The standard InChI is InChI=1S/C17H26N2OS/c1-13-5-3-4-6-16(13)19-17(21)18-12-11-14-7-9-15(20-2)10-8-14/h7-10,13,16H,3-6,11-12H2,1-2H3,(H2,18,19,21).